The van der Waals surface area contributed by atoms with Crippen LogP contribution in [0.15, 0.2) is 6.20 Å². The second-order valence-corrected chi connectivity index (χ2v) is 3.88. The van der Waals surface area contributed by atoms with Crippen LogP contribution in [0.5, 0.6) is 0 Å². The Morgan fingerprint density at radius 2 is 2.08 bits per heavy atom. The Kier molecular flexibility index (Phi) is 2.64. The minimum atomic E-state index is -0.645. The first-order valence-corrected chi connectivity index (χ1v) is 4.47. The third-order valence-electron chi connectivity index (χ3n) is 2.56. The fourth-order valence-electron chi connectivity index (χ4n) is 1.29. The lowest BCUT2D eigenvalue weighted by atomic mass is 9.82. The van der Waals surface area contributed by atoms with Crippen LogP contribution in [0.4, 0.5) is 4.39 Å². The van der Waals surface area contributed by atoms with Crippen LogP contribution in [0.25, 0.3) is 0 Å². The van der Waals surface area contributed by atoms with E-state index in [9.17, 15) is 4.39 Å². The molecule has 3 heteroatoms. The lowest BCUT2D eigenvalue weighted by Gasteiger charge is -2.23. The van der Waals surface area contributed by atoms with Gasteiger partial charge in [0.1, 0.15) is 0 Å². The Bertz CT molecular complexity index is 308. The highest BCUT2D eigenvalue weighted by atomic mass is 19.1. The Morgan fingerprint density at radius 3 is 2.54 bits per heavy atom. The van der Waals surface area contributed by atoms with Crippen molar-refractivity contribution in [2.45, 2.75) is 39.5 Å². The van der Waals surface area contributed by atoms with E-state index in [0.29, 0.717) is 0 Å². The van der Waals surface area contributed by atoms with Crippen LogP contribution in [0.1, 0.15) is 38.4 Å². The van der Waals surface area contributed by atoms with Crippen LogP contribution in [-0.2, 0) is 5.41 Å². The van der Waals surface area contributed by atoms with Crippen LogP contribution in [0.3, 0.4) is 0 Å². The largest absolute Gasteiger partial charge is 0.308 e. The molecule has 0 saturated carbocycles. The second kappa shape index (κ2) is 3.40. The molecular formula is C10H15FN2. The van der Waals surface area contributed by atoms with Gasteiger partial charge in [-0.2, -0.15) is 4.39 Å². The number of rotatable bonds is 2. The summed E-state index contributed by atoms with van der Waals surface area (Å²) in [4.78, 5) is 7.29. The van der Waals surface area contributed by atoms with Gasteiger partial charge < -0.3 is 0 Å². The second-order valence-electron chi connectivity index (χ2n) is 3.88. The molecule has 1 aromatic rings. The van der Waals surface area contributed by atoms with E-state index in [2.05, 4.69) is 30.7 Å². The predicted octanol–water partition coefficient (Wildman–Crippen LogP) is 2.61. The van der Waals surface area contributed by atoms with E-state index in [0.717, 1.165) is 17.7 Å². The molecule has 1 aromatic heterocycles. The van der Waals surface area contributed by atoms with Gasteiger partial charge >= 0.3 is 6.08 Å². The molecule has 0 aliphatic carbocycles. The van der Waals surface area contributed by atoms with Crippen molar-refractivity contribution in [3.63, 3.8) is 0 Å². The van der Waals surface area contributed by atoms with Gasteiger partial charge in [-0.1, -0.05) is 20.8 Å². The molecule has 2 nitrogen and oxygen atoms in total. The van der Waals surface area contributed by atoms with E-state index in [-0.39, 0.29) is 5.41 Å². The first kappa shape index (κ1) is 10.1. The van der Waals surface area contributed by atoms with Gasteiger partial charge in [0.05, 0.1) is 0 Å². The molecule has 1 rings (SSSR count). The van der Waals surface area contributed by atoms with E-state index >= 15 is 0 Å². The van der Waals surface area contributed by atoms with Gasteiger partial charge in [-0.05, 0) is 24.3 Å². The predicted molar refractivity (Wildman–Crippen MR) is 50.0 cm³/mol. The van der Waals surface area contributed by atoms with Crippen LogP contribution in [0, 0.1) is 13.0 Å². The van der Waals surface area contributed by atoms with Gasteiger partial charge in [-0.25, -0.2) is 9.97 Å². The fourth-order valence-corrected chi connectivity index (χ4v) is 1.29. The molecule has 72 valence electrons. The highest BCUT2D eigenvalue weighted by Gasteiger charge is 2.21. The van der Waals surface area contributed by atoms with Crippen molar-refractivity contribution >= 4 is 0 Å². The van der Waals surface area contributed by atoms with Crippen molar-refractivity contribution in [1.29, 1.82) is 0 Å². The van der Waals surface area contributed by atoms with Gasteiger partial charge in [0.15, 0.2) is 0 Å². The molecule has 0 aliphatic rings. The van der Waals surface area contributed by atoms with E-state index in [1.165, 1.54) is 0 Å². The Hall–Kier alpha value is -0.990. The molecule has 0 amide bonds. The van der Waals surface area contributed by atoms with Crippen molar-refractivity contribution < 1.29 is 4.39 Å². The lowest BCUT2D eigenvalue weighted by Crippen LogP contribution is -2.18. The van der Waals surface area contributed by atoms with Crippen LogP contribution in [-0.4, -0.2) is 9.97 Å². The Morgan fingerprint density at radius 1 is 1.46 bits per heavy atom. The van der Waals surface area contributed by atoms with Crippen LogP contribution in [0.2, 0.25) is 0 Å². The van der Waals surface area contributed by atoms with Crippen molar-refractivity contribution in [2.24, 2.45) is 0 Å². The molecule has 0 saturated heterocycles. The quantitative estimate of drug-likeness (QED) is 0.657. The summed E-state index contributed by atoms with van der Waals surface area (Å²) in [6.45, 7) is 8.13. The van der Waals surface area contributed by atoms with Gasteiger partial charge in [-0.3, -0.25) is 0 Å². The maximum atomic E-state index is 12.6. The van der Waals surface area contributed by atoms with Gasteiger partial charge in [-0.15, -0.1) is 0 Å². The van der Waals surface area contributed by atoms with Gasteiger partial charge in [0, 0.05) is 11.9 Å². The summed E-state index contributed by atoms with van der Waals surface area (Å²) in [5.74, 6) is 0. The Labute approximate surface area is 78.2 Å². The van der Waals surface area contributed by atoms with Crippen LogP contribution < -0.4 is 0 Å². The molecule has 0 atom stereocenters. The molecular weight excluding hydrogens is 167 g/mol. The summed E-state index contributed by atoms with van der Waals surface area (Å²) >= 11 is 0. The molecule has 1 heterocycles. The lowest BCUT2D eigenvalue weighted by molar-refractivity contribution is 0.480. The number of hydrogen-bond donors (Lipinski definition) is 0. The molecule has 0 bridgehead atoms. The van der Waals surface area contributed by atoms with Crippen molar-refractivity contribution in [3.05, 3.63) is 23.5 Å². The van der Waals surface area contributed by atoms with E-state index in [4.69, 9.17) is 0 Å². The smallest absolute Gasteiger partial charge is 0.210 e. The normalized spacial score (nSPS) is 11.8. The topological polar surface area (TPSA) is 25.8 Å². The third kappa shape index (κ3) is 2.02. The van der Waals surface area contributed by atoms with Gasteiger partial charge in [0.25, 0.3) is 0 Å². The summed E-state index contributed by atoms with van der Waals surface area (Å²) < 4.78 is 12.6. The zero-order chi connectivity index (χ0) is 10.1. The SMILES string of the molecule is CCC(C)(C)c1cnc(F)nc1C. The first-order chi connectivity index (χ1) is 5.97. The van der Waals surface area contributed by atoms with E-state index < -0.39 is 6.08 Å². The molecule has 0 spiro atoms. The maximum Gasteiger partial charge on any atom is 0.308 e. The number of nitrogens with zero attached hydrogens (tertiary/aromatic N) is 2. The summed E-state index contributed by atoms with van der Waals surface area (Å²) in [5.41, 5.74) is 1.79. The summed E-state index contributed by atoms with van der Waals surface area (Å²) in [7, 11) is 0. The molecule has 0 fully saturated rings. The van der Waals surface area contributed by atoms with Crippen molar-refractivity contribution in [2.75, 3.05) is 0 Å². The number of aromatic nitrogens is 2. The zero-order valence-corrected chi connectivity index (χ0v) is 8.56. The molecule has 0 aliphatic heterocycles. The molecule has 13 heavy (non-hydrogen) atoms. The standard InChI is InChI=1S/C10H15FN2/c1-5-10(3,4)8-6-12-9(11)13-7(8)2/h6H,5H2,1-4H3. The van der Waals surface area contributed by atoms with Crippen LogP contribution >= 0.6 is 0 Å². The fraction of sp³-hybridized carbons (Fsp3) is 0.600. The highest BCUT2D eigenvalue weighted by Crippen LogP contribution is 2.27. The molecule has 0 unspecified atom stereocenters. The van der Waals surface area contributed by atoms with E-state index in [1.54, 1.807) is 6.20 Å². The summed E-state index contributed by atoms with van der Waals surface area (Å²) in [6, 6.07) is 0. The third-order valence-corrected chi connectivity index (χ3v) is 2.56. The average molecular weight is 182 g/mol. The van der Waals surface area contributed by atoms with Crippen molar-refractivity contribution in [1.82, 2.24) is 9.97 Å². The monoisotopic (exact) mass is 182 g/mol. The number of aryl methyl sites for hydroxylation is 1. The maximum absolute atomic E-state index is 12.6. The number of hydrogen-bond acceptors (Lipinski definition) is 2. The zero-order valence-electron chi connectivity index (χ0n) is 8.56. The highest BCUT2D eigenvalue weighted by molar-refractivity contribution is 5.23. The minimum absolute atomic E-state index is 0.0256. The van der Waals surface area contributed by atoms with Gasteiger partial charge in [0.2, 0.25) is 0 Å². The molecule has 0 aromatic carbocycles. The minimum Gasteiger partial charge on any atom is -0.210 e. The summed E-state index contributed by atoms with van der Waals surface area (Å²) in [5, 5.41) is 0. The Balaban J connectivity index is 3.16. The van der Waals surface area contributed by atoms with E-state index in [1.807, 2.05) is 6.92 Å². The number of halogens is 1. The average Bonchev–Trinajstić information content (AvgIpc) is 2.03. The molecule has 0 N–H and O–H groups in total. The van der Waals surface area contributed by atoms with Crippen molar-refractivity contribution in [3.8, 4) is 0 Å². The summed E-state index contributed by atoms with van der Waals surface area (Å²) in [6.07, 6.45) is 1.93. The first-order valence-electron chi connectivity index (χ1n) is 4.47. The molecule has 0 radical (unpaired) electrons.